The normalized spacial score (nSPS) is 15.6. The number of methoxy groups -OCH3 is 1. The molecule has 0 bridgehead atoms. The smallest absolute Gasteiger partial charge is 0.342 e. The Labute approximate surface area is 158 Å². The predicted octanol–water partition coefficient (Wildman–Crippen LogP) is 1.05. The number of esters is 1. The number of nitrogens with one attached hydrogen (secondary N) is 1. The van der Waals surface area contributed by atoms with Crippen molar-refractivity contribution in [2.45, 2.75) is 18.7 Å². The molecular weight excluding hydrogens is 378 g/mol. The first-order valence-corrected chi connectivity index (χ1v) is 9.91. The van der Waals surface area contributed by atoms with Crippen LogP contribution in [0.4, 0.5) is 0 Å². The van der Waals surface area contributed by atoms with Crippen LogP contribution < -0.4 is 5.32 Å². The number of ether oxygens (including phenoxy) is 1. The fraction of sp³-hybridized carbons (Fsp3) is 0.500. The van der Waals surface area contributed by atoms with Gasteiger partial charge in [0.15, 0.2) is 5.11 Å². The lowest BCUT2D eigenvalue weighted by atomic mass is 10.2. The fourth-order valence-corrected chi connectivity index (χ4v) is 4.90. The largest absolute Gasteiger partial charge is 0.465 e. The Bertz CT molecular complexity index is 808. The molecule has 1 aliphatic rings. The number of hydrogen-bond donors (Lipinski definition) is 1. The van der Waals surface area contributed by atoms with Gasteiger partial charge in [-0.05, 0) is 26.1 Å². The number of carbonyl (C=O) groups excluding carboxylic acids is 1. The molecule has 0 atom stereocenters. The summed E-state index contributed by atoms with van der Waals surface area (Å²) in [4.78, 5) is 13.8. The van der Waals surface area contributed by atoms with Crippen LogP contribution in [0.5, 0.6) is 0 Å². The Morgan fingerprint density at radius 3 is 2.46 bits per heavy atom. The van der Waals surface area contributed by atoms with Crippen molar-refractivity contribution in [3.63, 3.8) is 0 Å². The highest BCUT2D eigenvalue weighted by atomic mass is 32.2. The standard InChI is InChI=1S/C16H23N3O5S2/c1-5-6-17-16(25)18-7-9-19(10-8-18)26(21,22)14-12(3)24-11(2)13(14)15(20)23-4/h5H,1,6-10H2,2-4H3,(H,17,25). The molecule has 144 valence electrons. The second-order valence-electron chi connectivity index (χ2n) is 5.78. The van der Waals surface area contributed by atoms with E-state index in [4.69, 9.17) is 21.4 Å². The first-order valence-electron chi connectivity index (χ1n) is 8.06. The zero-order chi connectivity index (χ0) is 19.5. The molecule has 2 heterocycles. The van der Waals surface area contributed by atoms with Gasteiger partial charge in [-0.1, -0.05) is 6.08 Å². The Kier molecular flexibility index (Phi) is 6.43. The quantitative estimate of drug-likeness (QED) is 0.445. The number of thiocarbonyl (C=S) groups is 1. The molecule has 1 aromatic heterocycles. The van der Waals surface area contributed by atoms with Gasteiger partial charge in [0, 0.05) is 32.7 Å². The number of sulfonamides is 1. The maximum atomic E-state index is 13.1. The minimum absolute atomic E-state index is 0.0457. The van der Waals surface area contributed by atoms with Crippen molar-refractivity contribution in [1.29, 1.82) is 0 Å². The summed E-state index contributed by atoms with van der Waals surface area (Å²) in [7, 11) is -2.69. The van der Waals surface area contributed by atoms with E-state index in [9.17, 15) is 13.2 Å². The van der Waals surface area contributed by atoms with Crippen LogP contribution in [0.15, 0.2) is 22.0 Å². The summed E-state index contributed by atoms with van der Waals surface area (Å²) in [6.45, 7) is 8.64. The number of carbonyl (C=O) groups is 1. The van der Waals surface area contributed by atoms with Crippen LogP contribution in [0.3, 0.4) is 0 Å². The summed E-state index contributed by atoms with van der Waals surface area (Å²) in [5.41, 5.74) is -0.0457. The molecule has 0 unspecified atom stereocenters. The molecule has 0 saturated carbocycles. The topological polar surface area (TPSA) is 92.1 Å². The molecule has 1 aromatic rings. The average molecular weight is 402 g/mol. The molecular formula is C16H23N3O5S2. The van der Waals surface area contributed by atoms with Gasteiger partial charge in [-0.3, -0.25) is 0 Å². The Balaban J connectivity index is 2.22. The fourth-order valence-electron chi connectivity index (χ4n) is 2.84. The number of nitrogens with zero attached hydrogens (tertiary/aromatic N) is 2. The van der Waals surface area contributed by atoms with Gasteiger partial charge in [0.25, 0.3) is 0 Å². The molecule has 0 aromatic carbocycles. The van der Waals surface area contributed by atoms with Gasteiger partial charge < -0.3 is 19.4 Å². The molecule has 10 heteroatoms. The molecule has 8 nitrogen and oxygen atoms in total. The summed E-state index contributed by atoms with van der Waals surface area (Å²) < 4.78 is 37.6. The number of hydrogen-bond acceptors (Lipinski definition) is 6. The van der Waals surface area contributed by atoms with Gasteiger partial charge in [-0.2, -0.15) is 4.31 Å². The highest BCUT2D eigenvalue weighted by Gasteiger charge is 2.37. The van der Waals surface area contributed by atoms with Gasteiger partial charge >= 0.3 is 5.97 Å². The second-order valence-corrected chi connectivity index (χ2v) is 8.04. The first kappa shape index (κ1) is 20.4. The summed E-state index contributed by atoms with van der Waals surface area (Å²) in [6, 6.07) is 0. The maximum Gasteiger partial charge on any atom is 0.342 e. The monoisotopic (exact) mass is 401 g/mol. The van der Waals surface area contributed by atoms with Crippen LogP contribution in [-0.2, 0) is 14.8 Å². The molecule has 0 spiro atoms. The average Bonchev–Trinajstić information content (AvgIpc) is 2.93. The molecule has 1 saturated heterocycles. The van der Waals surface area contributed by atoms with Crippen LogP contribution in [-0.4, -0.2) is 68.5 Å². The molecule has 0 aliphatic carbocycles. The third-order valence-corrected chi connectivity index (χ3v) is 6.57. The number of furan rings is 1. The number of rotatable bonds is 5. The van der Waals surface area contributed by atoms with E-state index < -0.39 is 16.0 Å². The van der Waals surface area contributed by atoms with Crippen molar-refractivity contribution in [3.8, 4) is 0 Å². The van der Waals surface area contributed by atoms with Crippen molar-refractivity contribution >= 4 is 33.3 Å². The summed E-state index contributed by atoms with van der Waals surface area (Å²) >= 11 is 5.28. The van der Waals surface area contributed by atoms with E-state index in [0.717, 1.165) is 0 Å². The van der Waals surface area contributed by atoms with Crippen molar-refractivity contribution in [2.24, 2.45) is 0 Å². The van der Waals surface area contributed by atoms with Gasteiger partial charge in [0.2, 0.25) is 10.0 Å². The first-order chi connectivity index (χ1) is 12.2. The Morgan fingerprint density at radius 2 is 1.92 bits per heavy atom. The lowest BCUT2D eigenvalue weighted by Crippen LogP contribution is -2.53. The van der Waals surface area contributed by atoms with Gasteiger partial charge in [-0.15, -0.1) is 6.58 Å². The van der Waals surface area contributed by atoms with Crippen molar-refractivity contribution in [3.05, 3.63) is 29.7 Å². The zero-order valence-electron chi connectivity index (χ0n) is 15.1. The lowest BCUT2D eigenvalue weighted by molar-refractivity contribution is 0.0594. The van der Waals surface area contributed by atoms with Crippen LogP contribution in [0.2, 0.25) is 0 Å². The van der Waals surface area contributed by atoms with Crippen LogP contribution in [0, 0.1) is 13.8 Å². The maximum absolute atomic E-state index is 13.1. The molecule has 26 heavy (non-hydrogen) atoms. The van der Waals surface area contributed by atoms with Crippen molar-refractivity contribution in [1.82, 2.24) is 14.5 Å². The molecule has 2 rings (SSSR count). The Hall–Kier alpha value is -1.91. The van der Waals surface area contributed by atoms with E-state index in [1.54, 1.807) is 13.0 Å². The van der Waals surface area contributed by atoms with E-state index in [1.807, 2.05) is 4.90 Å². The summed E-state index contributed by atoms with van der Waals surface area (Å²) in [5.74, 6) is -0.332. The lowest BCUT2D eigenvalue weighted by Gasteiger charge is -2.35. The molecule has 1 N–H and O–H groups in total. The highest BCUT2D eigenvalue weighted by Crippen LogP contribution is 2.30. The number of piperazine rings is 1. The third kappa shape index (κ3) is 3.92. The predicted molar refractivity (Wildman–Crippen MR) is 101 cm³/mol. The van der Waals surface area contributed by atoms with E-state index in [1.165, 1.54) is 18.3 Å². The van der Waals surface area contributed by atoms with Crippen molar-refractivity contribution < 1.29 is 22.4 Å². The third-order valence-electron chi connectivity index (χ3n) is 4.12. The second kappa shape index (κ2) is 8.19. The van der Waals surface area contributed by atoms with Crippen LogP contribution in [0.25, 0.3) is 0 Å². The molecule has 1 fully saturated rings. The van der Waals surface area contributed by atoms with E-state index in [2.05, 4.69) is 11.9 Å². The highest BCUT2D eigenvalue weighted by molar-refractivity contribution is 7.89. The van der Waals surface area contributed by atoms with E-state index in [-0.39, 0.29) is 35.1 Å². The molecule has 1 aliphatic heterocycles. The van der Waals surface area contributed by atoms with E-state index >= 15 is 0 Å². The molecule has 0 amide bonds. The Morgan fingerprint density at radius 1 is 1.31 bits per heavy atom. The van der Waals surface area contributed by atoms with Gasteiger partial charge in [-0.25, -0.2) is 13.2 Å². The van der Waals surface area contributed by atoms with Crippen LogP contribution >= 0.6 is 12.2 Å². The minimum Gasteiger partial charge on any atom is -0.465 e. The summed E-state index contributed by atoms with van der Waals surface area (Å²) in [5, 5.41) is 3.59. The SMILES string of the molecule is C=CCNC(=S)N1CCN(S(=O)(=O)c2c(C)oc(C)c2C(=O)OC)CC1. The number of aryl methyl sites for hydroxylation is 2. The molecule has 0 radical (unpaired) electrons. The zero-order valence-corrected chi connectivity index (χ0v) is 16.7. The van der Waals surface area contributed by atoms with Gasteiger partial charge in [0.1, 0.15) is 22.0 Å². The van der Waals surface area contributed by atoms with Gasteiger partial charge in [0.05, 0.1) is 7.11 Å². The van der Waals surface area contributed by atoms with Crippen LogP contribution in [0.1, 0.15) is 21.9 Å². The van der Waals surface area contributed by atoms with E-state index in [0.29, 0.717) is 24.7 Å². The minimum atomic E-state index is -3.89. The summed E-state index contributed by atoms with van der Waals surface area (Å²) in [6.07, 6.45) is 1.70. The van der Waals surface area contributed by atoms with Crippen molar-refractivity contribution in [2.75, 3.05) is 39.8 Å².